The van der Waals surface area contributed by atoms with Gasteiger partial charge in [0, 0.05) is 47.9 Å². The third kappa shape index (κ3) is 4.28. The Morgan fingerprint density at radius 1 is 1.30 bits per heavy atom. The molecule has 1 fully saturated rings. The van der Waals surface area contributed by atoms with Gasteiger partial charge < -0.3 is 20.2 Å². The van der Waals surface area contributed by atoms with Gasteiger partial charge in [-0.25, -0.2) is 8.42 Å². The summed E-state index contributed by atoms with van der Waals surface area (Å²) >= 11 is 0. The van der Waals surface area contributed by atoms with Crippen LogP contribution in [0.5, 0.6) is 5.75 Å². The number of hydrogen-bond donors (Lipinski definition) is 3. The quantitative estimate of drug-likeness (QED) is 0.347. The third-order valence-corrected chi connectivity index (χ3v) is 7.74. The van der Waals surface area contributed by atoms with Crippen molar-refractivity contribution in [3.63, 3.8) is 0 Å². The van der Waals surface area contributed by atoms with E-state index in [1.54, 1.807) is 24.4 Å². The highest BCUT2D eigenvalue weighted by atomic mass is 32.2. The largest absolute Gasteiger partial charge is 0.495 e. The molecule has 2 aromatic rings. The molecule has 162 valence electrons. The van der Waals surface area contributed by atoms with Crippen LogP contribution in [0.25, 0.3) is 10.9 Å². The normalized spacial score (nSPS) is 16.1. The molecule has 30 heavy (non-hydrogen) atoms. The molecule has 0 bridgehead atoms. The molecule has 0 spiro atoms. The number of allylic oxidation sites excluding steroid dienone is 2. The Bertz CT molecular complexity index is 1090. The van der Waals surface area contributed by atoms with E-state index in [0.717, 1.165) is 11.3 Å². The fourth-order valence-corrected chi connectivity index (χ4v) is 5.28. The number of nitrogens with zero attached hydrogens (tertiary/aromatic N) is 1. The fourth-order valence-electron chi connectivity index (χ4n) is 3.40. The molecule has 0 radical (unpaired) electrons. The molecule has 0 atom stereocenters. The van der Waals surface area contributed by atoms with Crippen molar-refractivity contribution >= 4 is 26.4 Å². The number of pyridine rings is 1. The van der Waals surface area contributed by atoms with Gasteiger partial charge in [-0.1, -0.05) is 6.58 Å². The van der Waals surface area contributed by atoms with E-state index in [9.17, 15) is 8.42 Å². The van der Waals surface area contributed by atoms with Crippen LogP contribution in [0.1, 0.15) is 26.7 Å². The Kier molecular flexibility index (Phi) is 6.64. The summed E-state index contributed by atoms with van der Waals surface area (Å²) in [4.78, 5) is 4.55. The lowest BCUT2D eigenvalue weighted by molar-refractivity contribution is 0.0983. The molecule has 0 amide bonds. The molecule has 0 saturated carbocycles. The SMILES string of the molecule is C=C(Nc1ccnc2cc(OC)c(S(=O)(=O)C3CCOCC3)cc12)/C(C)=C(/C)NN. The number of benzene rings is 1. The minimum absolute atomic E-state index is 0.165. The van der Waals surface area contributed by atoms with Gasteiger partial charge in [0.05, 0.1) is 17.9 Å². The molecule has 2 heterocycles. The number of nitrogens with one attached hydrogen (secondary N) is 2. The highest BCUT2D eigenvalue weighted by Gasteiger charge is 2.32. The summed E-state index contributed by atoms with van der Waals surface area (Å²) in [6.07, 6.45) is 2.58. The lowest BCUT2D eigenvalue weighted by atomic mass is 10.1. The molecule has 1 aliphatic heterocycles. The first-order chi connectivity index (χ1) is 14.3. The van der Waals surface area contributed by atoms with Gasteiger partial charge in [0.25, 0.3) is 0 Å². The predicted octanol–water partition coefficient (Wildman–Crippen LogP) is 2.88. The smallest absolute Gasteiger partial charge is 0.185 e. The van der Waals surface area contributed by atoms with Crippen molar-refractivity contribution < 1.29 is 17.9 Å². The summed E-state index contributed by atoms with van der Waals surface area (Å²) in [6.45, 7) is 8.67. The molecule has 1 aromatic carbocycles. The Morgan fingerprint density at radius 3 is 2.63 bits per heavy atom. The van der Waals surface area contributed by atoms with Gasteiger partial charge in [-0.05, 0) is 44.4 Å². The molecule has 8 nitrogen and oxygen atoms in total. The minimum atomic E-state index is -3.59. The molecule has 1 saturated heterocycles. The van der Waals surface area contributed by atoms with Crippen molar-refractivity contribution in [1.29, 1.82) is 0 Å². The van der Waals surface area contributed by atoms with E-state index in [4.69, 9.17) is 15.3 Å². The molecule has 4 N–H and O–H groups in total. The van der Waals surface area contributed by atoms with Gasteiger partial charge >= 0.3 is 0 Å². The number of ether oxygens (including phenoxy) is 2. The van der Waals surface area contributed by atoms with Crippen LogP contribution < -0.4 is 21.3 Å². The highest BCUT2D eigenvalue weighted by Crippen LogP contribution is 2.36. The van der Waals surface area contributed by atoms with Crippen LogP contribution in [-0.2, 0) is 14.6 Å². The van der Waals surface area contributed by atoms with Crippen LogP contribution in [0.3, 0.4) is 0 Å². The van der Waals surface area contributed by atoms with E-state index in [2.05, 4.69) is 22.3 Å². The average Bonchev–Trinajstić information content (AvgIpc) is 2.77. The monoisotopic (exact) mass is 432 g/mol. The van der Waals surface area contributed by atoms with E-state index >= 15 is 0 Å². The Balaban J connectivity index is 2.10. The van der Waals surface area contributed by atoms with Crippen LogP contribution >= 0.6 is 0 Å². The van der Waals surface area contributed by atoms with Crippen molar-refractivity contribution in [2.24, 2.45) is 5.84 Å². The molecular weight excluding hydrogens is 404 g/mol. The summed E-state index contributed by atoms with van der Waals surface area (Å²) in [7, 11) is -2.13. The standard InChI is InChI=1S/C21H28N4O4S/c1-13(15(3)25-22)14(2)24-18-5-8-23-19-12-20(28-4)21(11-17(18)19)30(26,27)16-6-9-29-10-7-16/h5,8,11-12,16,25H,2,6-7,9-10,22H2,1,3-4H3,(H,23,24)/b15-13-. The Morgan fingerprint density at radius 2 is 2.00 bits per heavy atom. The minimum Gasteiger partial charge on any atom is -0.495 e. The first-order valence-electron chi connectivity index (χ1n) is 9.68. The predicted molar refractivity (Wildman–Crippen MR) is 118 cm³/mol. The van der Waals surface area contributed by atoms with Crippen molar-refractivity contribution in [3.8, 4) is 5.75 Å². The maximum Gasteiger partial charge on any atom is 0.185 e. The van der Waals surface area contributed by atoms with Gasteiger partial charge in [-0.2, -0.15) is 0 Å². The number of sulfone groups is 1. The van der Waals surface area contributed by atoms with Gasteiger partial charge in [-0.15, -0.1) is 0 Å². The van der Waals surface area contributed by atoms with Crippen LogP contribution in [0, 0.1) is 0 Å². The second kappa shape index (κ2) is 9.03. The number of aromatic nitrogens is 1. The van der Waals surface area contributed by atoms with Crippen molar-refractivity contribution in [2.75, 3.05) is 25.6 Å². The molecule has 0 aliphatic carbocycles. The van der Waals surface area contributed by atoms with Crippen LogP contribution in [0.15, 0.2) is 52.8 Å². The number of methoxy groups -OCH3 is 1. The van der Waals surface area contributed by atoms with Crippen molar-refractivity contribution in [1.82, 2.24) is 10.4 Å². The lowest BCUT2D eigenvalue weighted by Crippen LogP contribution is -2.29. The Hall–Kier alpha value is -2.62. The van der Waals surface area contributed by atoms with E-state index < -0.39 is 15.1 Å². The summed E-state index contributed by atoms with van der Waals surface area (Å²) in [5.74, 6) is 5.78. The Labute approximate surface area is 177 Å². The number of rotatable bonds is 7. The van der Waals surface area contributed by atoms with E-state index in [1.165, 1.54) is 7.11 Å². The fraction of sp³-hybridized carbons (Fsp3) is 0.381. The first-order valence-corrected chi connectivity index (χ1v) is 11.2. The summed E-state index contributed by atoms with van der Waals surface area (Å²) < 4.78 is 37.5. The second-order valence-corrected chi connectivity index (χ2v) is 9.43. The molecular formula is C21H28N4O4S. The van der Waals surface area contributed by atoms with E-state index in [0.29, 0.717) is 48.3 Å². The molecule has 9 heteroatoms. The molecule has 1 aromatic heterocycles. The lowest BCUT2D eigenvalue weighted by Gasteiger charge is -2.23. The number of fused-ring (bicyclic) bond motifs is 1. The van der Waals surface area contributed by atoms with E-state index in [1.807, 2.05) is 13.8 Å². The summed E-state index contributed by atoms with van der Waals surface area (Å²) in [5.41, 5.74) is 6.19. The number of hydrazine groups is 1. The molecule has 1 aliphatic rings. The zero-order valence-corrected chi connectivity index (χ0v) is 18.3. The van der Waals surface area contributed by atoms with Crippen molar-refractivity contribution in [2.45, 2.75) is 36.8 Å². The van der Waals surface area contributed by atoms with Crippen LogP contribution in [-0.4, -0.2) is 39.0 Å². The zero-order valence-electron chi connectivity index (χ0n) is 17.5. The van der Waals surface area contributed by atoms with Gasteiger partial charge in [0.15, 0.2) is 9.84 Å². The highest BCUT2D eigenvalue weighted by molar-refractivity contribution is 7.92. The second-order valence-electron chi connectivity index (χ2n) is 7.23. The number of hydrogen-bond acceptors (Lipinski definition) is 8. The van der Waals surface area contributed by atoms with Crippen LogP contribution in [0.4, 0.5) is 5.69 Å². The molecule has 0 unspecified atom stereocenters. The number of anilines is 1. The maximum atomic E-state index is 13.4. The van der Waals surface area contributed by atoms with Crippen LogP contribution in [0.2, 0.25) is 0 Å². The van der Waals surface area contributed by atoms with Gasteiger partial charge in [0.2, 0.25) is 0 Å². The van der Waals surface area contributed by atoms with E-state index in [-0.39, 0.29) is 10.6 Å². The molecule has 3 rings (SSSR count). The van der Waals surface area contributed by atoms with Gasteiger partial charge in [0.1, 0.15) is 10.6 Å². The average molecular weight is 433 g/mol. The summed E-state index contributed by atoms with van der Waals surface area (Å²) in [5, 5.41) is 3.42. The number of nitrogens with two attached hydrogens (primary N) is 1. The van der Waals surface area contributed by atoms with Gasteiger partial charge in [-0.3, -0.25) is 10.8 Å². The maximum absolute atomic E-state index is 13.4. The third-order valence-electron chi connectivity index (χ3n) is 5.46. The summed E-state index contributed by atoms with van der Waals surface area (Å²) in [6, 6.07) is 5.07. The zero-order chi connectivity index (χ0) is 21.9. The first kappa shape index (κ1) is 22.1. The van der Waals surface area contributed by atoms with Crippen molar-refractivity contribution in [3.05, 3.63) is 47.9 Å². The topological polar surface area (TPSA) is 116 Å².